The van der Waals surface area contributed by atoms with Crippen LogP contribution >= 0.6 is 0 Å². The van der Waals surface area contributed by atoms with Gasteiger partial charge in [0.25, 0.3) is 0 Å². The van der Waals surface area contributed by atoms with Crippen molar-refractivity contribution in [1.29, 1.82) is 0 Å². The number of fused-ring (bicyclic) bond motifs is 5. The lowest BCUT2D eigenvalue weighted by molar-refractivity contribution is -0.168. The minimum Gasteiger partial charge on any atom is -0.396 e. The smallest absolute Gasteiger partial charge is 0.240 e. The number of para-hydroxylation sites is 1. The second-order valence-electron chi connectivity index (χ2n) is 8.85. The second kappa shape index (κ2) is 4.27. The number of amides is 1. The van der Waals surface area contributed by atoms with E-state index in [-0.39, 0.29) is 30.0 Å². The molecule has 6 rings (SSSR count). The summed E-state index contributed by atoms with van der Waals surface area (Å²) in [7, 11) is 4.05. The first-order valence-corrected chi connectivity index (χ1v) is 9.37. The van der Waals surface area contributed by atoms with Crippen molar-refractivity contribution in [2.75, 3.05) is 38.8 Å². The molecule has 1 spiro atoms. The van der Waals surface area contributed by atoms with Gasteiger partial charge in [-0.2, -0.15) is 0 Å². The van der Waals surface area contributed by atoms with E-state index < -0.39 is 5.41 Å². The summed E-state index contributed by atoms with van der Waals surface area (Å²) in [5, 5.41) is 10.5. The van der Waals surface area contributed by atoms with Crippen molar-refractivity contribution in [3.63, 3.8) is 0 Å². The summed E-state index contributed by atoms with van der Waals surface area (Å²) in [5.74, 6) is 1.24. The fourth-order valence-corrected chi connectivity index (χ4v) is 7.73. The summed E-state index contributed by atoms with van der Waals surface area (Å²) >= 11 is 0. The van der Waals surface area contributed by atoms with Gasteiger partial charge in [0.2, 0.25) is 5.91 Å². The molecule has 2 saturated carbocycles. The van der Waals surface area contributed by atoms with Gasteiger partial charge in [0.15, 0.2) is 0 Å². The van der Waals surface area contributed by atoms with E-state index in [2.05, 4.69) is 18.0 Å². The largest absolute Gasteiger partial charge is 0.396 e. The molecule has 5 nitrogen and oxygen atoms in total. The molecule has 7 atom stereocenters. The van der Waals surface area contributed by atoms with Crippen molar-refractivity contribution in [3.8, 4) is 0 Å². The Hall–Kier alpha value is -1.43. The number of hydrogen-bond donors (Lipinski definition) is 1. The number of hydrogen-bond acceptors (Lipinski definition) is 4. The number of nitrogens with zero attached hydrogens (tertiary/aromatic N) is 2. The quantitative estimate of drug-likeness (QED) is 0.824. The van der Waals surface area contributed by atoms with Crippen LogP contribution in [0.3, 0.4) is 0 Å². The highest BCUT2D eigenvalue weighted by molar-refractivity contribution is 6.09. The lowest BCUT2D eigenvalue weighted by Gasteiger charge is -2.55. The number of carbonyl (C=O) groups excluding carboxylic acids is 1. The van der Waals surface area contributed by atoms with Crippen LogP contribution in [0.1, 0.15) is 12.0 Å². The molecule has 132 valence electrons. The number of rotatable bonds is 1. The topological polar surface area (TPSA) is 53.0 Å². The van der Waals surface area contributed by atoms with Crippen LogP contribution < -0.4 is 4.90 Å². The van der Waals surface area contributed by atoms with Crippen LogP contribution in [0.4, 0.5) is 5.69 Å². The number of aliphatic hydroxyl groups excluding tert-OH is 1. The maximum absolute atomic E-state index is 13.7. The highest BCUT2D eigenvalue weighted by Crippen LogP contribution is 2.73. The van der Waals surface area contributed by atoms with E-state index in [1.807, 2.05) is 30.1 Å². The van der Waals surface area contributed by atoms with E-state index in [0.29, 0.717) is 17.9 Å². The molecule has 2 aliphatic carbocycles. The Morgan fingerprint density at radius 1 is 1.32 bits per heavy atom. The van der Waals surface area contributed by atoms with Crippen LogP contribution in [-0.4, -0.2) is 61.9 Å². The molecule has 1 amide bonds. The predicted molar refractivity (Wildman–Crippen MR) is 92.3 cm³/mol. The van der Waals surface area contributed by atoms with Crippen molar-refractivity contribution in [2.24, 2.45) is 23.2 Å². The number of ether oxygens (including phenoxy) is 1. The van der Waals surface area contributed by atoms with Gasteiger partial charge in [0, 0.05) is 42.6 Å². The minimum atomic E-state index is -0.634. The molecule has 5 heteroatoms. The lowest BCUT2D eigenvalue weighted by atomic mass is 9.51. The number of aliphatic hydroxyl groups is 1. The van der Waals surface area contributed by atoms with Gasteiger partial charge in [-0.3, -0.25) is 4.79 Å². The van der Waals surface area contributed by atoms with E-state index in [4.69, 9.17) is 4.74 Å². The van der Waals surface area contributed by atoms with Crippen LogP contribution in [0.25, 0.3) is 0 Å². The molecular formula is C20H24N2O3. The van der Waals surface area contributed by atoms with Gasteiger partial charge < -0.3 is 19.6 Å². The first-order valence-electron chi connectivity index (χ1n) is 9.37. The molecule has 0 radical (unpaired) electrons. The van der Waals surface area contributed by atoms with Crippen molar-refractivity contribution in [2.45, 2.75) is 24.0 Å². The highest BCUT2D eigenvalue weighted by atomic mass is 16.5. The maximum atomic E-state index is 13.7. The van der Waals surface area contributed by atoms with E-state index >= 15 is 0 Å². The first kappa shape index (κ1) is 14.7. The Labute approximate surface area is 147 Å². The molecule has 3 aliphatic heterocycles. The molecule has 25 heavy (non-hydrogen) atoms. The SMILES string of the molecule is CN1C(=O)C2(c3ccccc31)C1CC3C(CO1)C1C2C3(CO)CN1C. The number of anilines is 1. The molecule has 7 unspecified atom stereocenters. The molecule has 1 aromatic rings. The van der Waals surface area contributed by atoms with Crippen molar-refractivity contribution < 1.29 is 14.6 Å². The Balaban J connectivity index is 1.68. The summed E-state index contributed by atoms with van der Waals surface area (Å²) in [6.45, 7) is 1.80. The van der Waals surface area contributed by atoms with Crippen LogP contribution in [0.2, 0.25) is 0 Å². The first-order chi connectivity index (χ1) is 12.1. The molecule has 2 saturated heterocycles. The molecule has 0 aromatic heterocycles. The zero-order valence-corrected chi connectivity index (χ0v) is 14.7. The lowest BCUT2D eigenvalue weighted by Crippen LogP contribution is -2.64. The average Bonchev–Trinajstić information content (AvgIpc) is 3.08. The van der Waals surface area contributed by atoms with Crippen LogP contribution in [0.5, 0.6) is 0 Å². The molecule has 5 aliphatic rings. The minimum absolute atomic E-state index is 0.0616. The van der Waals surface area contributed by atoms with E-state index in [1.54, 1.807) is 0 Å². The Morgan fingerprint density at radius 2 is 2.12 bits per heavy atom. The third-order valence-electron chi connectivity index (χ3n) is 8.33. The molecule has 3 heterocycles. The molecule has 1 aromatic carbocycles. The van der Waals surface area contributed by atoms with Gasteiger partial charge in [-0.25, -0.2) is 0 Å². The Morgan fingerprint density at radius 3 is 2.92 bits per heavy atom. The number of piperidine rings is 1. The van der Waals surface area contributed by atoms with Crippen molar-refractivity contribution in [1.82, 2.24) is 4.90 Å². The van der Waals surface area contributed by atoms with Gasteiger partial charge in [0.1, 0.15) is 5.41 Å². The monoisotopic (exact) mass is 340 g/mol. The van der Waals surface area contributed by atoms with Crippen LogP contribution in [0.15, 0.2) is 24.3 Å². The number of benzene rings is 1. The summed E-state index contributed by atoms with van der Waals surface area (Å²) < 4.78 is 6.35. The summed E-state index contributed by atoms with van der Waals surface area (Å²) in [6.07, 6.45) is 0.841. The van der Waals surface area contributed by atoms with Crippen LogP contribution in [-0.2, 0) is 14.9 Å². The summed E-state index contributed by atoms with van der Waals surface area (Å²) in [6, 6.07) is 8.54. The predicted octanol–water partition coefficient (Wildman–Crippen LogP) is 0.858. The van der Waals surface area contributed by atoms with Gasteiger partial charge in [0.05, 0.1) is 19.3 Å². The Kier molecular flexibility index (Phi) is 2.51. The summed E-state index contributed by atoms with van der Waals surface area (Å²) in [5.41, 5.74) is 1.33. The number of carbonyl (C=O) groups is 1. The molecule has 5 bridgehead atoms. The molecule has 4 fully saturated rings. The van der Waals surface area contributed by atoms with Gasteiger partial charge in [-0.1, -0.05) is 18.2 Å². The Bertz CT molecular complexity index is 797. The van der Waals surface area contributed by atoms with E-state index in [1.165, 1.54) is 0 Å². The zero-order chi connectivity index (χ0) is 17.1. The van der Waals surface area contributed by atoms with Crippen molar-refractivity contribution in [3.05, 3.63) is 29.8 Å². The summed E-state index contributed by atoms with van der Waals surface area (Å²) in [4.78, 5) is 18.0. The van der Waals surface area contributed by atoms with Gasteiger partial charge in [-0.05, 0) is 31.0 Å². The third kappa shape index (κ3) is 1.27. The third-order valence-corrected chi connectivity index (χ3v) is 8.33. The fraction of sp³-hybridized carbons (Fsp3) is 0.650. The van der Waals surface area contributed by atoms with Crippen LogP contribution in [0, 0.1) is 23.2 Å². The van der Waals surface area contributed by atoms with Gasteiger partial charge >= 0.3 is 0 Å². The fourth-order valence-electron chi connectivity index (χ4n) is 7.73. The standard InChI is InChI=1S/C20H24N2O3/c1-21-9-19(10-23)13-7-15-20(17(19)16(21)11(13)8-25-15)12-5-3-4-6-14(12)22(2)18(20)24/h3-6,11,13,15-17,23H,7-10H2,1-2H3. The number of likely N-dealkylation sites (N-methyl/N-ethyl adjacent to an activating group) is 1. The van der Waals surface area contributed by atoms with E-state index in [0.717, 1.165) is 30.8 Å². The van der Waals surface area contributed by atoms with Gasteiger partial charge in [-0.15, -0.1) is 0 Å². The number of likely N-dealkylation sites (tertiary alicyclic amines) is 1. The highest BCUT2D eigenvalue weighted by Gasteiger charge is 2.80. The molecular weight excluding hydrogens is 316 g/mol. The van der Waals surface area contributed by atoms with E-state index in [9.17, 15) is 9.90 Å². The maximum Gasteiger partial charge on any atom is 0.240 e. The normalized spacial score (nSPS) is 49.5. The second-order valence-corrected chi connectivity index (χ2v) is 8.85. The average molecular weight is 340 g/mol. The molecule has 1 N–H and O–H groups in total. The van der Waals surface area contributed by atoms with Crippen molar-refractivity contribution >= 4 is 11.6 Å². The zero-order valence-electron chi connectivity index (χ0n) is 14.7.